The summed E-state index contributed by atoms with van der Waals surface area (Å²) in [6, 6.07) is 0. The van der Waals surface area contributed by atoms with Crippen molar-refractivity contribution in [2.75, 3.05) is 26.2 Å². The van der Waals surface area contributed by atoms with Gasteiger partial charge in [-0.25, -0.2) is 0 Å². The quantitative estimate of drug-likeness (QED) is 0.716. The maximum Gasteiger partial charge on any atom is 0.0767 e. The van der Waals surface area contributed by atoms with E-state index in [0.29, 0.717) is 6.54 Å². The number of hydrogen-bond donors (Lipinski definition) is 2. The van der Waals surface area contributed by atoms with Crippen molar-refractivity contribution in [3.8, 4) is 0 Å². The van der Waals surface area contributed by atoms with Gasteiger partial charge in [0.2, 0.25) is 0 Å². The second-order valence-corrected chi connectivity index (χ2v) is 5.98. The second kappa shape index (κ2) is 6.72. The minimum atomic E-state index is -0.628. The van der Waals surface area contributed by atoms with E-state index >= 15 is 0 Å². The zero-order valence-corrected chi connectivity index (χ0v) is 11.8. The highest BCUT2D eigenvalue weighted by atomic mass is 16.3. The van der Waals surface area contributed by atoms with Crippen LogP contribution in [-0.4, -0.2) is 41.8 Å². The van der Waals surface area contributed by atoms with E-state index in [4.69, 9.17) is 5.73 Å². The van der Waals surface area contributed by atoms with Gasteiger partial charge in [-0.05, 0) is 50.6 Å². The monoisotopic (exact) mass is 242 g/mol. The molecular formula is C14H30N2O. The Hall–Kier alpha value is -0.120. The first-order valence-corrected chi connectivity index (χ1v) is 7.15. The summed E-state index contributed by atoms with van der Waals surface area (Å²) in [4.78, 5) is 2.54. The summed E-state index contributed by atoms with van der Waals surface area (Å²) in [5.74, 6) is 1.67. The molecule has 0 bridgehead atoms. The molecule has 1 rings (SSSR count). The molecule has 0 saturated carbocycles. The molecule has 0 amide bonds. The van der Waals surface area contributed by atoms with Gasteiger partial charge in [-0.15, -0.1) is 0 Å². The van der Waals surface area contributed by atoms with Crippen LogP contribution in [0.5, 0.6) is 0 Å². The lowest BCUT2D eigenvalue weighted by Crippen LogP contribution is -2.37. The van der Waals surface area contributed by atoms with Gasteiger partial charge < -0.3 is 15.7 Å². The van der Waals surface area contributed by atoms with Crippen LogP contribution in [0.25, 0.3) is 0 Å². The van der Waals surface area contributed by atoms with Crippen LogP contribution >= 0.6 is 0 Å². The third-order valence-corrected chi connectivity index (χ3v) is 4.41. The summed E-state index contributed by atoms with van der Waals surface area (Å²) in [6.07, 6.45) is 4.00. The molecule has 17 heavy (non-hydrogen) atoms. The van der Waals surface area contributed by atoms with E-state index in [-0.39, 0.29) is 0 Å². The first-order chi connectivity index (χ1) is 8.00. The van der Waals surface area contributed by atoms with Crippen LogP contribution in [0, 0.1) is 11.8 Å². The summed E-state index contributed by atoms with van der Waals surface area (Å²) < 4.78 is 0. The molecule has 0 spiro atoms. The topological polar surface area (TPSA) is 49.5 Å². The van der Waals surface area contributed by atoms with Crippen molar-refractivity contribution in [3.63, 3.8) is 0 Å². The van der Waals surface area contributed by atoms with Crippen LogP contribution < -0.4 is 5.73 Å². The molecule has 0 aromatic heterocycles. The Bertz CT molecular complexity index is 214. The Morgan fingerprint density at radius 3 is 2.65 bits per heavy atom. The van der Waals surface area contributed by atoms with Crippen molar-refractivity contribution in [1.29, 1.82) is 0 Å². The van der Waals surface area contributed by atoms with E-state index < -0.39 is 5.60 Å². The lowest BCUT2D eigenvalue weighted by atomic mass is 9.94. The molecule has 1 aliphatic rings. The normalized spacial score (nSPS) is 25.4. The Balaban J connectivity index is 2.20. The Kier molecular flexibility index (Phi) is 5.90. The van der Waals surface area contributed by atoms with Gasteiger partial charge in [0, 0.05) is 13.1 Å². The maximum atomic E-state index is 10.1. The van der Waals surface area contributed by atoms with Crippen LogP contribution in [0.15, 0.2) is 0 Å². The lowest BCUT2D eigenvalue weighted by Gasteiger charge is -2.26. The van der Waals surface area contributed by atoms with Crippen LogP contribution in [0.1, 0.15) is 46.5 Å². The van der Waals surface area contributed by atoms with Crippen LogP contribution in [0.3, 0.4) is 0 Å². The molecule has 1 heterocycles. The molecule has 102 valence electrons. The highest BCUT2D eigenvalue weighted by Crippen LogP contribution is 2.24. The molecule has 1 aliphatic heterocycles. The van der Waals surface area contributed by atoms with Crippen LogP contribution in [-0.2, 0) is 0 Å². The van der Waals surface area contributed by atoms with Crippen molar-refractivity contribution in [3.05, 3.63) is 0 Å². The zero-order chi connectivity index (χ0) is 12.9. The highest BCUT2D eigenvalue weighted by Gasteiger charge is 2.26. The van der Waals surface area contributed by atoms with Gasteiger partial charge in [0.05, 0.1) is 5.60 Å². The molecule has 2 atom stereocenters. The molecule has 0 aliphatic carbocycles. The molecule has 3 heteroatoms. The number of likely N-dealkylation sites (tertiary alicyclic amines) is 1. The summed E-state index contributed by atoms with van der Waals surface area (Å²) in [6.45, 7) is 10.6. The molecule has 1 fully saturated rings. The molecule has 3 N–H and O–H groups in total. The minimum Gasteiger partial charge on any atom is -0.389 e. The minimum absolute atomic E-state index is 0.387. The van der Waals surface area contributed by atoms with Gasteiger partial charge in [-0.3, -0.25) is 0 Å². The predicted molar refractivity (Wildman–Crippen MR) is 72.9 cm³/mol. The number of nitrogens with zero attached hydrogens (tertiary/aromatic N) is 1. The molecule has 0 aromatic rings. The molecular weight excluding hydrogens is 212 g/mol. The summed E-state index contributed by atoms with van der Waals surface area (Å²) in [7, 11) is 0. The van der Waals surface area contributed by atoms with E-state index in [0.717, 1.165) is 37.6 Å². The van der Waals surface area contributed by atoms with Crippen LogP contribution in [0.2, 0.25) is 0 Å². The van der Waals surface area contributed by atoms with Gasteiger partial charge in [0.15, 0.2) is 0 Å². The van der Waals surface area contributed by atoms with Gasteiger partial charge in [0.1, 0.15) is 0 Å². The van der Waals surface area contributed by atoms with Gasteiger partial charge in [0.25, 0.3) is 0 Å². The van der Waals surface area contributed by atoms with Gasteiger partial charge in [-0.1, -0.05) is 20.8 Å². The largest absolute Gasteiger partial charge is 0.389 e. The average molecular weight is 242 g/mol. The van der Waals surface area contributed by atoms with Crippen molar-refractivity contribution in [1.82, 2.24) is 4.90 Å². The SMILES string of the molecule is CCC(O)(CN)CCCN1CCC(C(C)C)C1. The number of rotatable bonds is 7. The molecule has 1 saturated heterocycles. The van der Waals surface area contributed by atoms with Crippen molar-refractivity contribution in [2.24, 2.45) is 17.6 Å². The molecule has 0 aromatic carbocycles. The van der Waals surface area contributed by atoms with Crippen molar-refractivity contribution < 1.29 is 5.11 Å². The fourth-order valence-corrected chi connectivity index (χ4v) is 2.66. The first kappa shape index (κ1) is 14.9. The first-order valence-electron chi connectivity index (χ1n) is 7.15. The third kappa shape index (κ3) is 4.57. The van der Waals surface area contributed by atoms with E-state index in [1.807, 2.05) is 6.92 Å². The van der Waals surface area contributed by atoms with E-state index in [1.165, 1.54) is 19.5 Å². The van der Waals surface area contributed by atoms with Gasteiger partial charge in [-0.2, -0.15) is 0 Å². The Morgan fingerprint density at radius 1 is 1.47 bits per heavy atom. The Labute approximate surface area is 106 Å². The fraction of sp³-hybridized carbons (Fsp3) is 1.00. The summed E-state index contributed by atoms with van der Waals surface area (Å²) in [5, 5.41) is 10.1. The van der Waals surface area contributed by atoms with Crippen LogP contribution in [0.4, 0.5) is 0 Å². The van der Waals surface area contributed by atoms with Crippen molar-refractivity contribution >= 4 is 0 Å². The Morgan fingerprint density at radius 2 is 2.18 bits per heavy atom. The maximum absolute atomic E-state index is 10.1. The standard InChI is InChI=1S/C14H30N2O/c1-4-14(17,11-15)7-5-8-16-9-6-13(10-16)12(2)3/h12-13,17H,4-11,15H2,1-3H3. The lowest BCUT2D eigenvalue weighted by molar-refractivity contribution is 0.0321. The second-order valence-electron chi connectivity index (χ2n) is 5.98. The van der Waals surface area contributed by atoms with Crippen molar-refractivity contribution in [2.45, 2.75) is 52.1 Å². The smallest absolute Gasteiger partial charge is 0.0767 e. The predicted octanol–water partition coefficient (Wildman–Crippen LogP) is 1.84. The zero-order valence-electron chi connectivity index (χ0n) is 11.8. The number of hydrogen-bond acceptors (Lipinski definition) is 3. The highest BCUT2D eigenvalue weighted by molar-refractivity contribution is 4.81. The molecule has 2 unspecified atom stereocenters. The summed E-state index contributed by atoms with van der Waals surface area (Å²) in [5.41, 5.74) is 4.98. The van der Waals surface area contributed by atoms with E-state index in [9.17, 15) is 5.11 Å². The summed E-state index contributed by atoms with van der Waals surface area (Å²) >= 11 is 0. The molecule has 3 nitrogen and oxygen atoms in total. The third-order valence-electron chi connectivity index (χ3n) is 4.41. The van der Waals surface area contributed by atoms with E-state index in [1.54, 1.807) is 0 Å². The average Bonchev–Trinajstić information content (AvgIpc) is 2.78. The van der Waals surface area contributed by atoms with Gasteiger partial charge >= 0.3 is 0 Å². The number of aliphatic hydroxyl groups is 1. The number of nitrogens with two attached hydrogens (primary N) is 1. The molecule has 0 radical (unpaired) electrons. The fourth-order valence-electron chi connectivity index (χ4n) is 2.66. The van der Waals surface area contributed by atoms with E-state index in [2.05, 4.69) is 18.7 Å².